The minimum Gasteiger partial charge on any atom is -0.496 e. The standard InChI is InChI=1S/C16H22ClNO/c1-19-16-4-2-3-15(17)14(16)10-18-9-13(11-5-6-11)12-7-8-12/h2-4,11-13,18H,5-10H2,1H3. The summed E-state index contributed by atoms with van der Waals surface area (Å²) < 4.78 is 5.38. The van der Waals surface area contributed by atoms with Gasteiger partial charge in [-0.3, -0.25) is 0 Å². The normalized spacial score (nSPS) is 18.9. The van der Waals surface area contributed by atoms with Crippen LogP contribution in [0.2, 0.25) is 5.02 Å². The molecule has 1 aromatic rings. The SMILES string of the molecule is COc1cccc(Cl)c1CNCC(C1CC1)C1CC1. The van der Waals surface area contributed by atoms with E-state index in [4.69, 9.17) is 16.3 Å². The molecular weight excluding hydrogens is 258 g/mol. The van der Waals surface area contributed by atoms with Crippen LogP contribution in [-0.2, 0) is 6.54 Å². The van der Waals surface area contributed by atoms with Crippen LogP contribution >= 0.6 is 11.6 Å². The molecule has 104 valence electrons. The van der Waals surface area contributed by atoms with E-state index in [0.717, 1.165) is 47.2 Å². The van der Waals surface area contributed by atoms with Gasteiger partial charge >= 0.3 is 0 Å². The van der Waals surface area contributed by atoms with E-state index in [9.17, 15) is 0 Å². The van der Waals surface area contributed by atoms with Crippen molar-refractivity contribution in [2.75, 3.05) is 13.7 Å². The van der Waals surface area contributed by atoms with Crippen molar-refractivity contribution >= 4 is 11.6 Å². The lowest BCUT2D eigenvalue weighted by Gasteiger charge is -2.17. The van der Waals surface area contributed by atoms with Gasteiger partial charge in [-0.2, -0.15) is 0 Å². The number of hydrogen-bond donors (Lipinski definition) is 1. The smallest absolute Gasteiger partial charge is 0.124 e. The summed E-state index contributed by atoms with van der Waals surface area (Å²) in [7, 11) is 1.70. The van der Waals surface area contributed by atoms with Gasteiger partial charge in [0.25, 0.3) is 0 Å². The number of hydrogen-bond acceptors (Lipinski definition) is 2. The molecule has 0 atom stereocenters. The van der Waals surface area contributed by atoms with Crippen molar-refractivity contribution in [3.05, 3.63) is 28.8 Å². The van der Waals surface area contributed by atoms with E-state index in [1.54, 1.807) is 7.11 Å². The van der Waals surface area contributed by atoms with Crippen LogP contribution in [0.4, 0.5) is 0 Å². The zero-order chi connectivity index (χ0) is 13.2. The van der Waals surface area contributed by atoms with Gasteiger partial charge in [0.1, 0.15) is 5.75 Å². The Bertz CT molecular complexity index is 428. The molecule has 0 radical (unpaired) electrons. The van der Waals surface area contributed by atoms with Crippen LogP contribution in [-0.4, -0.2) is 13.7 Å². The van der Waals surface area contributed by atoms with Crippen molar-refractivity contribution in [3.63, 3.8) is 0 Å². The Kier molecular flexibility index (Phi) is 3.99. The molecule has 2 nitrogen and oxygen atoms in total. The first kappa shape index (κ1) is 13.3. The molecule has 0 bridgehead atoms. The highest BCUT2D eigenvalue weighted by Gasteiger charge is 2.40. The van der Waals surface area contributed by atoms with Crippen molar-refractivity contribution in [2.45, 2.75) is 32.2 Å². The number of halogens is 1. The van der Waals surface area contributed by atoms with Crippen LogP contribution in [0.25, 0.3) is 0 Å². The average Bonchev–Trinajstić information content (AvgIpc) is 3.28. The molecule has 0 aliphatic heterocycles. The largest absolute Gasteiger partial charge is 0.496 e. The Balaban J connectivity index is 1.56. The first-order chi connectivity index (χ1) is 9.29. The predicted octanol–water partition coefficient (Wildman–Crippen LogP) is 3.87. The molecule has 3 heteroatoms. The van der Waals surface area contributed by atoms with Crippen molar-refractivity contribution in [2.24, 2.45) is 17.8 Å². The third-order valence-corrected chi connectivity index (χ3v) is 4.79. The van der Waals surface area contributed by atoms with E-state index in [0.29, 0.717) is 0 Å². The fraction of sp³-hybridized carbons (Fsp3) is 0.625. The topological polar surface area (TPSA) is 21.3 Å². The molecule has 0 spiro atoms. The van der Waals surface area contributed by atoms with E-state index in [1.807, 2.05) is 18.2 Å². The van der Waals surface area contributed by atoms with Crippen molar-refractivity contribution < 1.29 is 4.74 Å². The fourth-order valence-electron chi connectivity index (χ4n) is 3.03. The lowest BCUT2D eigenvalue weighted by Crippen LogP contribution is -2.25. The minimum atomic E-state index is 0.793. The number of benzene rings is 1. The molecule has 0 aromatic heterocycles. The average molecular weight is 280 g/mol. The number of methoxy groups -OCH3 is 1. The summed E-state index contributed by atoms with van der Waals surface area (Å²) in [4.78, 5) is 0. The summed E-state index contributed by atoms with van der Waals surface area (Å²) in [6, 6.07) is 5.84. The monoisotopic (exact) mass is 279 g/mol. The van der Waals surface area contributed by atoms with Crippen LogP contribution in [0.5, 0.6) is 5.75 Å². The second-order valence-electron chi connectivity index (χ2n) is 5.89. The van der Waals surface area contributed by atoms with Crippen LogP contribution in [0, 0.1) is 17.8 Å². The van der Waals surface area contributed by atoms with Crippen LogP contribution in [0.3, 0.4) is 0 Å². The quantitative estimate of drug-likeness (QED) is 0.818. The van der Waals surface area contributed by atoms with Crippen LogP contribution in [0.15, 0.2) is 18.2 Å². The van der Waals surface area contributed by atoms with E-state index in [-0.39, 0.29) is 0 Å². The summed E-state index contributed by atoms with van der Waals surface area (Å²) >= 11 is 6.25. The molecule has 0 saturated heterocycles. The fourth-order valence-corrected chi connectivity index (χ4v) is 3.27. The minimum absolute atomic E-state index is 0.793. The van der Waals surface area contributed by atoms with E-state index in [1.165, 1.54) is 25.7 Å². The predicted molar refractivity (Wildman–Crippen MR) is 78.6 cm³/mol. The molecule has 0 amide bonds. The van der Waals surface area contributed by atoms with E-state index < -0.39 is 0 Å². The highest BCUT2D eigenvalue weighted by Crippen LogP contribution is 2.48. The first-order valence-electron chi connectivity index (χ1n) is 7.31. The maximum absolute atomic E-state index is 6.25. The Morgan fingerprint density at radius 2 is 1.95 bits per heavy atom. The summed E-state index contributed by atoms with van der Waals surface area (Å²) in [5, 5.41) is 4.39. The molecule has 0 unspecified atom stereocenters. The van der Waals surface area contributed by atoms with Gasteiger partial charge in [-0.15, -0.1) is 0 Å². The number of ether oxygens (including phenoxy) is 1. The summed E-state index contributed by atoms with van der Waals surface area (Å²) in [5.41, 5.74) is 1.08. The third kappa shape index (κ3) is 3.24. The Labute approximate surface area is 120 Å². The van der Waals surface area contributed by atoms with Crippen molar-refractivity contribution in [1.29, 1.82) is 0 Å². The summed E-state index contributed by atoms with van der Waals surface area (Å²) in [6.07, 6.45) is 5.77. The van der Waals surface area contributed by atoms with Gasteiger partial charge in [-0.05, 0) is 62.1 Å². The molecule has 19 heavy (non-hydrogen) atoms. The summed E-state index contributed by atoms with van der Waals surface area (Å²) in [5.74, 6) is 3.77. The van der Waals surface area contributed by atoms with E-state index in [2.05, 4.69) is 5.32 Å². The molecule has 2 fully saturated rings. The zero-order valence-electron chi connectivity index (χ0n) is 11.5. The van der Waals surface area contributed by atoms with Gasteiger partial charge in [0.2, 0.25) is 0 Å². The van der Waals surface area contributed by atoms with Crippen LogP contribution in [0.1, 0.15) is 31.2 Å². The zero-order valence-corrected chi connectivity index (χ0v) is 12.2. The van der Waals surface area contributed by atoms with Gasteiger partial charge in [-0.1, -0.05) is 17.7 Å². The molecule has 3 rings (SSSR count). The van der Waals surface area contributed by atoms with Gasteiger partial charge in [0, 0.05) is 17.1 Å². The van der Waals surface area contributed by atoms with E-state index >= 15 is 0 Å². The Hall–Kier alpha value is -0.730. The first-order valence-corrected chi connectivity index (χ1v) is 7.69. The second kappa shape index (κ2) is 5.72. The molecule has 2 aliphatic carbocycles. The molecule has 1 aromatic carbocycles. The third-order valence-electron chi connectivity index (χ3n) is 4.43. The molecular formula is C16H22ClNO. The van der Waals surface area contributed by atoms with Crippen LogP contribution < -0.4 is 10.1 Å². The molecule has 2 saturated carbocycles. The van der Waals surface area contributed by atoms with Gasteiger partial charge in [-0.25, -0.2) is 0 Å². The van der Waals surface area contributed by atoms with Gasteiger partial charge in [0.15, 0.2) is 0 Å². The molecule has 2 aliphatic rings. The van der Waals surface area contributed by atoms with Gasteiger partial charge in [0.05, 0.1) is 7.11 Å². The van der Waals surface area contributed by atoms with Crippen molar-refractivity contribution in [1.82, 2.24) is 5.32 Å². The number of nitrogens with one attached hydrogen (secondary N) is 1. The maximum atomic E-state index is 6.25. The summed E-state index contributed by atoms with van der Waals surface area (Å²) in [6.45, 7) is 1.93. The molecule has 1 N–H and O–H groups in total. The van der Waals surface area contributed by atoms with Crippen molar-refractivity contribution in [3.8, 4) is 5.75 Å². The van der Waals surface area contributed by atoms with Gasteiger partial charge < -0.3 is 10.1 Å². The lowest BCUT2D eigenvalue weighted by atomic mass is 9.98. The molecule has 0 heterocycles. The number of rotatable bonds is 7. The maximum Gasteiger partial charge on any atom is 0.124 e. The second-order valence-corrected chi connectivity index (χ2v) is 6.30. The Morgan fingerprint density at radius 3 is 2.53 bits per heavy atom. The highest BCUT2D eigenvalue weighted by molar-refractivity contribution is 6.31. The lowest BCUT2D eigenvalue weighted by molar-refractivity contribution is 0.373. The Morgan fingerprint density at radius 1 is 1.26 bits per heavy atom. The highest BCUT2D eigenvalue weighted by atomic mass is 35.5.